The van der Waals surface area contributed by atoms with Crippen molar-refractivity contribution in [2.45, 2.75) is 19.9 Å². The molecule has 76 valence electrons. The minimum atomic E-state index is 0.810. The molecule has 0 atom stereocenters. The van der Waals surface area contributed by atoms with Crippen LogP contribution < -0.4 is 10.2 Å². The minimum absolute atomic E-state index is 0.810. The van der Waals surface area contributed by atoms with Crippen molar-refractivity contribution in [3.05, 3.63) is 17.0 Å². The van der Waals surface area contributed by atoms with Gasteiger partial charge in [0.15, 0.2) is 0 Å². The fourth-order valence-electron chi connectivity index (χ4n) is 1.73. The van der Waals surface area contributed by atoms with Crippen LogP contribution in [0.4, 0.5) is 5.95 Å². The van der Waals surface area contributed by atoms with Crippen molar-refractivity contribution in [2.24, 2.45) is 0 Å². The van der Waals surface area contributed by atoms with Crippen LogP contribution in [-0.4, -0.2) is 30.6 Å². The number of nitrogens with zero attached hydrogens (tertiary/aromatic N) is 3. The van der Waals surface area contributed by atoms with E-state index in [2.05, 4.69) is 22.2 Å². The van der Waals surface area contributed by atoms with E-state index in [4.69, 9.17) is 0 Å². The minimum Gasteiger partial charge on any atom is -0.347 e. The highest BCUT2D eigenvalue weighted by Crippen LogP contribution is 2.17. The number of aromatic nitrogens is 2. The largest absolute Gasteiger partial charge is 0.347 e. The van der Waals surface area contributed by atoms with E-state index in [9.17, 15) is 0 Å². The van der Waals surface area contributed by atoms with Crippen molar-refractivity contribution in [1.29, 1.82) is 0 Å². The lowest BCUT2D eigenvalue weighted by Crippen LogP contribution is -2.27. The van der Waals surface area contributed by atoms with Crippen molar-refractivity contribution in [3.63, 3.8) is 0 Å². The molecule has 0 fully saturated rings. The molecule has 2 rings (SSSR count). The number of fused-ring (bicyclic) bond motifs is 1. The number of hydrogen-bond donors (Lipinski definition) is 1. The van der Waals surface area contributed by atoms with E-state index < -0.39 is 0 Å². The number of nitrogens with one attached hydrogen (secondary N) is 1. The molecule has 1 N–H and O–H groups in total. The highest BCUT2D eigenvalue weighted by atomic mass is 15.2. The van der Waals surface area contributed by atoms with Gasteiger partial charge in [-0.2, -0.15) is 0 Å². The van der Waals surface area contributed by atoms with Gasteiger partial charge in [0.25, 0.3) is 0 Å². The molecular weight excluding hydrogens is 176 g/mol. The molecule has 0 spiro atoms. The zero-order chi connectivity index (χ0) is 10.1. The Bertz CT molecular complexity index is 346. The van der Waals surface area contributed by atoms with E-state index in [0.717, 1.165) is 36.8 Å². The van der Waals surface area contributed by atoms with Crippen LogP contribution in [0.5, 0.6) is 0 Å². The zero-order valence-electron chi connectivity index (χ0n) is 8.96. The first-order chi connectivity index (χ1) is 6.68. The van der Waals surface area contributed by atoms with E-state index in [1.165, 1.54) is 5.56 Å². The first-order valence-corrected chi connectivity index (χ1v) is 4.93. The van der Waals surface area contributed by atoms with Crippen LogP contribution in [0.15, 0.2) is 0 Å². The fourth-order valence-corrected chi connectivity index (χ4v) is 1.73. The summed E-state index contributed by atoms with van der Waals surface area (Å²) in [5, 5.41) is 3.33. The lowest BCUT2D eigenvalue weighted by Gasteiger charge is -2.20. The van der Waals surface area contributed by atoms with E-state index >= 15 is 0 Å². The summed E-state index contributed by atoms with van der Waals surface area (Å²) in [4.78, 5) is 10.9. The number of aryl methyl sites for hydroxylation is 1. The predicted molar refractivity (Wildman–Crippen MR) is 56.5 cm³/mol. The molecule has 0 aromatic carbocycles. The monoisotopic (exact) mass is 192 g/mol. The Morgan fingerprint density at radius 2 is 2.07 bits per heavy atom. The van der Waals surface area contributed by atoms with E-state index in [1.54, 1.807) is 0 Å². The van der Waals surface area contributed by atoms with Gasteiger partial charge in [-0.15, -0.1) is 0 Å². The third-order valence-electron chi connectivity index (χ3n) is 2.53. The second-order valence-corrected chi connectivity index (χ2v) is 3.86. The molecule has 1 aliphatic rings. The molecule has 14 heavy (non-hydrogen) atoms. The van der Waals surface area contributed by atoms with Crippen LogP contribution in [-0.2, 0) is 13.0 Å². The second-order valence-electron chi connectivity index (χ2n) is 3.86. The van der Waals surface area contributed by atoms with Crippen molar-refractivity contribution >= 4 is 5.95 Å². The van der Waals surface area contributed by atoms with Crippen molar-refractivity contribution < 1.29 is 0 Å². The van der Waals surface area contributed by atoms with Gasteiger partial charge in [-0.05, 0) is 25.5 Å². The summed E-state index contributed by atoms with van der Waals surface area (Å²) in [6.07, 6.45) is 1.05. The molecule has 1 aliphatic heterocycles. The predicted octanol–water partition coefficient (Wildman–Crippen LogP) is 0.497. The maximum absolute atomic E-state index is 4.53. The molecule has 1 aromatic rings. The lowest BCUT2D eigenvalue weighted by molar-refractivity contribution is 0.618. The van der Waals surface area contributed by atoms with Gasteiger partial charge >= 0.3 is 0 Å². The van der Waals surface area contributed by atoms with Gasteiger partial charge < -0.3 is 10.2 Å². The topological polar surface area (TPSA) is 41.1 Å². The summed E-state index contributed by atoms with van der Waals surface area (Å²) >= 11 is 0. The molecule has 0 saturated carbocycles. The quantitative estimate of drug-likeness (QED) is 0.703. The summed E-state index contributed by atoms with van der Waals surface area (Å²) in [7, 11) is 3.94. The Hall–Kier alpha value is -1.16. The summed E-state index contributed by atoms with van der Waals surface area (Å²) in [6, 6.07) is 0. The maximum Gasteiger partial charge on any atom is 0.225 e. The third kappa shape index (κ3) is 1.57. The molecular formula is C10H16N4. The summed E-state index contributed by atoms with van der Waals surface area (Å²) < 4.78 is 0. The SMILES string of the molecule is Cc1nc(N(C)C)nc2c1CCNC2. The molecule has 0 unspecified atom stereocenters. The molecule has 4 heteroatoms. The number of hydrogen-bond acceptors (Lipinski definition) is 4. The Balaban J connectivity index is 2.46. The fraction of sp³-hybridized carbons (Fsp3) is 0.600. The van der Waals surface area contributed by atoms with E-state index in [1.807, 2.05) is 19.0 Å². The van der Waals surface area contributed by atoms with Gasteiger partial charge in [0.05, 0.1) is 5.69 Å². The normalized spacial score (nSPS) is 15.1. The molecule has 0 saturated heterocycles. The number of rotatable bonds is 1. The molecule has 0 amide bonds. The zero-order valence-corrected chi connectivity index (χ0v) is 8.96. The van der Waals surface area contributed by atoms with Gasteiger partial charge in [0.2, 0.25) is 5.95 Å². The molecule has 0 aliphatic carbocycles. The van der Waals surface area contributed by atoms with Crippen molar-refractivity contribution in [3.8, 4) is 0 Å². The molecule has 2 heterocycles. The Labute approximate surface area is 84.4 Å². The first kappa shape index (κ1) is 9.40. The number of anilines is 1. The van der Waals surface area contributed by atoms with Gasteiger partial charge in [-0.25, -0.2) is 9.97 Å². The molecule has 0 bridgehead atoms. The second kappa shape index (κ2) is 3.53. The van der Waals surface area contributed by atoms with Gasteiger partial charge in [-0.3, -0.25) is 0 Å². The third-order valence-corrected chi connectivity index (χ3v) is 2.53. The highest BCUT2D eigenvalue weighted by Gasteiger charge is 2.15. The maximum atomic E-state index is 4.53. The van der Waals surface area contributed by atoms with Crippen LogP contribution in [0.25, 0.3) is 0 Å². The van der Waals surface area contributed by atoms with E-state index in [0.29, 0.717) is 0 Å². The van der Waals surface area contributed by atoms with Crippen LogP contribution in [0.1, 0.15) is 17.0 Å². The summed E-state index contributed by atoms with van der Waals surface area (Å²) in [5.74, 6) is 0.810. The van der Waals surface area contributed by atoms with E-state index in [-0.39, 0.29) is 0 Å². The van der Waals surface area contributed by atoms with Crippen molar-refractivity contribution in [1.82, 2.24) is 15.3 Å². The first-order valence-electron chi connectivity index (χ1n) is 4.93. The van der Waals surface area contributed by atoms with Gasteiger partial charge in [-0.1, -0.05) is 0 Å². The smallest absolute Gasteiger partial charge is 0.225 e. The van der Waals surface area contributed by atoms with Crippen LogP contribution in [0.3, 0.4) is 0 Å². The van der Waals surface area contributed by atoms with Gasteiger partial charge in [0, 0.05) is 26.3 Å². The lowest BCUT2D eigenvalue weighted by atomic mass is 10.1. The molecule has 4 nitrogen and oxygen atoms in total. The average molecular weight is 192 g/mol. The summed E-state index contributed by atoms with van der Waals surface area (Å²) in [6.45, 7) is 3.98. The van der Waals surface area contributed by atoms with Crippen molar-refractivity contribution in [2.75, 3.05) is 25.5 Å². The average Bonchev–Trinajstić information content (AvgIpc) is 2.17. The van der Waals surface area contributed by atoms with Crippen LogP contribution in [0, 0.1) is 6.92 Å². The Kier molecular flexibility index (Phi) is 2.37. The molecule has 0 radical (unpaired) electrons. The highest BCUT2D eigenvalue weighted by molar-refractivity contribution is 5.36. The van der Waals surface area contributed by atoms with Gasteiger partial charge in [0.1, 0.15) is 0 Å². The standard InChI is InChI=1S/C10H16N4/c1-7-8-4-5-11-6-9(8)13-10(12-7)14(2)3/h11H,4-6H2,1-3H3. The Morgan fingerprint density at radius 3 is 2.79 bits per heavy atom. The summed E-state index contributed by atoms with van der Waals surface area (Å²) in [5.41, 5.74) is 3.61. The Morgan fingerprint density at radius 1 is 1.29 bits per heavy atom. The van der Waals surface area contributed by atoms with Crippen LogP contribution >= 0.6 is 0 Å². The van der Waals surface area contributed by atoms with Crippen LogP contribution in [0.2, 0.25) is 0 Å². The molecule has 1 aromatic heterocycles.